The number of aromatic nitrogens is 1. The fraction of sp³-hybridized carbons (Fsp3) is 0.136. The van der Waals surface area contributed by atoms with Crippen LogP contribution < -0.4 is 15.4 Å². The van der Waals surface area contributed by atoms with Crippen molar-refractivity contribution < 1.29 is 14.3 Å². The number of halogens is 1. The number of carbonyl (C=O) groups is 2. The maximum absolute atomic E-state index is 12.5. The molecule has 1 unspecified atom stereocenters. The number of amides is 2. The third-order valence-electron chi connectivity index (χ3n) is 4.09. The Bertz CT molecular complexity index is 1020. The SMILES string of the molecule is Cc1ccc(Cl)c(OC(C)C(=O)Nc2cccc(NC(=O)c3ccncc3)c2)c1. The van der Waals surface area contributed by atoms with Crippen molar-refractivity contribution in [2.24, 2.45) is 0 Å². The summed E-state index contributed by atoms with van der Waals surface area (Å²) in [5.74, 6) is -0.144. The summed E-state index contributed by atoms with van der Waals surface area (Å²) in [5.41, 5.74) is 2.56. The van der Waals surface area contributed by atoms with Crippen LogP contribution in [0.2, 0.25) is 5.02 Å². The molecule has 3 aromatic rings. The first-order valence-corrected chi connectivity index (χ1v) is 9.35. The zero-order valence-electron chi connectivity index (χ0n) is 16.0. The number of anilines is 2. The molecule has 0 aliphatic rings. The van der Waals surface area contributed by atoms with Crippen molar-refractivity contribution in [1.29, 1.82) is 0 Å². The average molecular weight is 410 g/mol. The zero-order chi connectivity index (χ0) is 20.8. The van der Waals surface area contributed by atoms with E-state index in [1.165, 1.54) is 0 Å². The van der Waals surface area contributed by atoms with Gasteiger partial charge in [-0.2, -0.15) is 0 Å². The van der Waals surface area contributed by atoms with Crippen LogP contribution in [0.5, 0.6) is 5.75 Å². The lowest BCUT2D eigenvalue weighted by atomic mass is 10.2. The van der Waals surface area contributed by atoms with Crippen LogP contribution in [0.25, 0.3) is 0 Å². The summed E-state index contributed by atoms with van der Waals surface area (Å²) >= 11 is 6.12. The molecule has 0 spiro atoms. The highest BCUT2D eigenvalue weighted by Gasteiger charge is 2.17. The van der Waals surface area contributed by atoms with Crippen LogP contribution in [0.1, 0.15) is 22.8 Å². The van der Waals surface area contributed by atoms with Gasteiger partial charge in [-0.1, -0.05) is 23.7 Å². The quantitative estimate of drug-likeness (QED) is 0.618. The van der Waals surface area contributed by atoms with Crippen LogP contribution in [-0.2, 0) is 4.79 Å². The van der Waals surface area contributed by atoms with Crippen LogP contribution in [0.4, 0.5) is 11.4 Å². The van der Waals surface area contributed by atoms with Gasteiger partial charge < -0.3 is 15.4 Å². The third-order valence-corrected chi connectivity index (χ3v) is 4.40. The summed E-state index contributed by atoms with van der Waals surface area (Å²) in [6, 6.07) is 15.5. The molecular formula is C22H20ClN3O3. The van der Waals surface area contributed by atoms with E-state index in [2.05, 4.69) is 15.6 Å². The number of hydrogen-bond acceptors (Lipinski definition) is 4. The summed E-state index contributed by atoms with van der Waals surface area (Å²) in [7, 11) is 0. The Labute approximate surface area is 173 Å². The molecule has 6 nitrogen and oxygen atoms in total. The molecule has 0 radical (unpaired) electrons. The van der Waals surface area contributed by atoms with E-state index in [1.54, 1.807) is 67.8 Å². The van der Waals surface area contributed by atoms with Gasteiger partial charge in [0, 0.05) is 29.3 Å². The Hall–Kier alpha value is -3.38. The molecule has 0 aliphatic carbocycles. The molecule has 0 fully saturated rings. The van der Waals surface area contributed by atoms with Gasteiger partial charge in [0.05, 0.1) is 5.02 Å². The smallest absolute Gasteiger partial charge is 0.265 e. The fourth-order valence-electron chi connectivity index (χ4n) is 2.57. The van der Waals surface area contributed by atoms with Crippen LogP contribution in [0.3, 0.4) is 0 Å². The second-order valence-corrected chi connectivity index (χ2v) is 6.86. The molecule has 7 heteroatoms. The van der Waals surface area contributed by atoms with Crippen LogP contribution in [0, 0.1) is 6.92 Å². The molecule has 2 amide bonds. The van der Waals surface area contributed by atoms with E-state index >= 15 is 0 Å². The molecule has 1 aromatic heterocycles. The lowest BCUT2D eigenvalue weighted by Crippen LogP contribution is -2.30. The molecule has 2 N–H and O–H groups in total. The number of nitrogens with zero attached hydrogens (tertiary/aromatic N) is 1. The number of carbonyl (C=O) groups excluding carboxylic acids is 2. The third kappa shape index (κ3) is 5.56. The number of rotatable bonds is 6. The molecule has 2 aromatic carbocycles. The highest BCUT2D eigenvalue weighted by Crippen LogP contribution is 2.26. The van der Waals surface area contributed by atoms with E-state index in [1.807, 2.05) is 13.0 Å². The summed E-state index contributed by atoms with van der Waals surface area (Å²) in [4.78, 5) is 28.6. The Morgan fingerprint density at radius 1 is 1.00 bits per heavy atom. The molecule has 29 heavy (non-hydrogen) atoms. The highest BCUT2D eigenvalue weighted by molar-refractivity contribution is 6.32. The Morgan fingerprint density at radius 3 is 2.41 bits per heavy atom. The van der Waals surface area contributed by atoms with Gasteiger partial charge in [-0.15, -0.1) is 0 Å². The van der Waals surface area contributed by atoms with Gasteiger partial charge in [0.15, 0.2) is 6.10 Å². The van der Waals surface area contributed by atoms with E-state index in [-0.39, 0.29) is 11.8 Å². The first-order chi connectivity index (χ1) is 13.9. The molecule has 0 aliphatic heterocycles. The van der Waals surface area contributed by atoms with E-state index in [0.29, 0.717) is 27.7 Å². The Balaban J connectivity index is 1.64. The number of benzene rings is 2. The lowest BCUT2D eigenvalue weighted by molar-refractivity contribution is -0.122. The Kier molecular flexibility index (Phi) is 6.46. The van der Waals surface area contributed by atoms with Crippen LogP contribution in [0.15, 0.2) is 67.0 Å². The minimum absolute atomic E-state index is 0.262. The zero-order valence-corrected chi connectivity index (χ0v) is 16.7. The largest absolute Gasteiger partial charge is 0.479 e. The number of ether oxygens (including phenoxy) is 1. The number of aryl methyl sites for hydroxylation is 1. The summed E-state index contributed by atoms with van der Waals surface area (Å²) in [6.07, 6.45) is 2.34. The van der Waals surface area contributed by atoms with Crippen molar-refractivity contribution in [2.75, 3.05) is 10.6 Å². The second-order valence-electron chi connectivity index (χ2n) is 6.45. The minimum Gasteiger partial charge on any atom is -0.479 e. The number of hydrogen-bond donors (Lipinski definition) is 2. The first-order valence-electron chi connectivity index (χ1n) is 8.97. The molecule has 0 saturated carbocycles. The van der Waals surface area contributed by atoms with Crippen molar-refractivity contribution in [3.8, 4) is 5.75 Å². The molecule has 148 valence electrons. The maximum atomic E-state index is 12.5. The second kappa shape index (κ2) is 9.21. The molecule has 1 heterocycles. The van der Waals surface area contributed by atoms with Crippen molar-refractivity contribution in [3.63, 3.8) is 0 Å². The van der Waals surface area contributed by atoms with Gasteiger partial charge >= 0.3 is 0 Å². The van der Waals surface area contributed by atoms with Crippen LogP contribution >= 0.6 is 11.6 Å². The summed E-state index contributed by atoms with van der Waals surface area (Å²) in [6.45, 7) is 3.56. The van der Waals surface area contributed by atoms with Gasteiger partial charge in [0.2, 0.25) is 0 Å². The highest BCUT2D eigenvalue weighted by atomic mass is 35.5. The number of nitrogens with one attached hydrogen (secondary N) is 2. The average Bonchev–Trinajstić information content (AvgIpc) is 2.71. The summed E-state index contributed by atoms with van der Waals surface area (Å²) in [5, 5.41) is 6.01. The molecule has 0 bridgehead atoms. The van der Waals surface area contributed by atoms with Gasteiger partial charge in [-0.3, -0.25) is 14.6 Å². The predicted octanol–water partition coefficient (Wildman–Crippen LogP) is 4.70. The monoisotopic (exact) mass is 409 g/mol. The molecular weight excluding hydrogens is 390 g/mol. The first kappa shape index (κ1) is 20.4. The van der Waals surface area contributed by atoms with Gasteiger partial charge in [0.25, 0.3) is 11.8 Å². The van der Waals surface area contributed by atoms with Gasteiger partial charge in [-0.25, -0.2) is 0 Å². The topological polar surface area (TPSA) is 80.3 Å². The van der Waals surface area contributed by atoms with Crippen LogP contribution in [-0.4, -0.2) is 22.9 Å². The summed E-state index contributed by atoms with van der Waals surface area (Å²) < 4.78 is 5.69. The lowest BCUT2D eigenvalue weighted by Gasteiger charge is -2.16. The minimum atomic E-state index is -0.760. The van der Waals surface area contributed by atoms with Crippen molar-refractivity contribution in [3.05, 3.63) is 83.1 Å². The van der Waals surface area contributed by atoms with E-state index < -0.39 is 6.10 Å². The molecule has 3 rings (SSSR count). The molecule has 1 atom stereocenters. The van der Waals surface area contributed by atoms with E-state index in [9.17, 15) is 9.59 Å². The van der Waals surface area contributed by atoms with Crippen molar-refractivity contribution >= 4 is 34.8 Å². The van der Waals surface area contributed by atoms with Crippen molar-refractivity contribution in [1.82, 2.24) is 4.98 Å². The maximum Gasteiger partial charge on any atom is 0.265 e. The number of pyridine rings is 1. The van der Waals surface area contributed by atoms with Gasteiger partial charge in [-0.05, 0) is 61.9 Å². The Morgan fingerprint density at radius 2 is 1.69 bits per heavy atom. The van der Waals surface area contributed by atoms with Gasteiger partial charge in [0.1, 0.15) is 5.75 Å². The van der Waals surface area contributed by atoms with E-state index in [0.717, 1.165) is 5.56 Å². The molecule has 0 saturated heterocycles. The standard InChI is InChI=1S/C22H20ClN3O3/c1-14-6-7-19(23)20(12-14)29-15(2)21(27)25-17-4-3-5-18(13-17)26-22(28)16-8-10-24-11-9-16/h3-13,15H,1-2H3,(H,25,27)(H,26,28). The van der Waals surface area contributed by atoms with E-state index in [4.69, 9.17) is 16.3 Å². The van der Waals surface area contributed by atoms with Crippen molar-refractivity contribution in [2.45, 2.75) is 20.0 Å². The normalized spacial score (nSPS) is 11.4. The fourth-order valence-corrected chi connectivity index (χ4v) is 2.73. The predicted molar refractivity (Wildman–Crippen MR) is 114 cm³/mol.